The quantitative estimate of drug-likeness (QED) is 0.806. The van der Waals surface area contributed by atoms with Crippen LogP contribution in [-0.4, -0.2) is 22.9 Å². The number of benzene rings is 1. The van der Waals surface area contributed by atoms with Crippen LogP contribution in [0.15, 0.2) is 18.2 Å². The smallest absolute Gasteiger partial charge is 0.125 e. The lowest BCUT2D eigenvalue weighted by Gasteiger charge is -2.14. The van der Waals surface area contributed by atoms with Crippen molar-refractivity contribution < 1.29 is 14.9 Å². The Morgan fingerprint density at radius 1 is 1.25 bits per heavy atom. The normalized spacial score (nSPS) is 14.6. The summed E-state index contributed by atoms with van der Waals surface area (Å²) in [5, 5.41) is 18.7. The summed E-state index contributed by atoms with van der Waals surface area (Å²) >= 11 is 0. The first kappa shape index (κ1) is 13.0. The molecule has 1 rings (SSSR count). The van der Waals surface area contributed by atoms with Crippen LogP contribution in [0.3, 0.4) is 0 Å². The maximum Gasteiger partial charge on any atom is 0.125 e. The number of aliphatic hydroxyl groups excluding tert-OH is 2. The number of ether oxygens (including phenoxy) is 1. The molecule has 0 heterocycles. The second-order valence-corrected chi connectivity index (χ2v) is 4.20. The summed E-state index contributed by atoms with van der Waals surface area (Å²) < 4.78 is 5.54. The average Bonchev–Trinajstić information content (AvgIpc) is 2.19. The molecule has 0 aromatic heterocycles. The van der Waals surface area contributed by atoms with Crippen LogP contribution >= 0.6 is 0 Å². The van der Waals surface area contributed by atoms with Gasteiger partial charge in [0.1, 0.15) is 5.75 Å². The van der Waals surface area contributed by atoms with E-state index in [1.54, 1.807) is 13.8 Å². The molecule has 2 atom stereocenters. The standard InChI is InChI=1S/C13H20O3/c1-9-4-5-13(12(8-9)11(3)15)16-7-6-10(2)14/h4-5,8,10-11,14-15H,6-7H2,1-3H3/t10?,11-/m1/s1. The third-order valence-electron chi connectivity index (χ3n) is 2.41. The molecule has 0 fully saturated rings. The summed E-state index contributed by atoms with van der Waals surface area (Å²) in [4.78, 5) is 0. The molecule has 0 spiro atoms. The molecule has 0 aliphatic carbocycles. The van der Waals surface area contributed by atoms with Gasteiger partial charge in [0.15, 0.2) is 0 Å². The van der Waals surface area contributed by atoms with Crippen molar-refractivity contribution in [3.8, 4) is 5.75 Å². The minimum atomic E-state index is -0.540. The van der Waals surface area contributed by atoms with Gasteiger partial charge >= 0.3 is 0 Å². The van der Waals surface area contributed by atoms with Gasteiger partial charge in [-0.1, -0.05) is 11.6 Å². The van der Waals surface area contributed by atoms with E-state index in [-0.39, 0.29) is 6.10 Å². The van der Waals surface area contributed by atoms with E-state index in [2.05, 4.69) is 0 Å². The molecule has 16 heavy (non-hydrogen) atoms. The molecule has 2 N–H and O–H groups in total. The minimum Gasteiger partial charge on any atom is -0.493 e. The molecule has 0 radical (unpaired) electrons. The summed E-state index contributed by atoms with van der Waals surface area (Å²) in [5.74, 6) is 0.696. The highest BCUT2D eigenvalue weighted by molar-refractivity contribution is 5.38. The van der Waals surface area contributed by atoms with Crippen LogP contribution in [0.2, 0.25) is 0 Å². The molecule has 0 aliphatic heterocycles. The van der Waals surface area contributed by atoms with E-state index in [1.807, 2.05) is 25.1 Å². The molecule has 3 heteroatoms. The highest BCUT2D eigenvalue weighted by atomic mass is 16.5. The van der Waals surface area contributed by atoms with E-state index in [9.17, 15) is 5.11 Å². The Morgan fingerprint density at radius 2 is 1.94 bits per heavy atom. The fraction of sp³-hybridized carbons (Fsp3) is 0.538. The maximum absolute atomic E-state index is 9.61. The molecule has 1 unspecified atom stereocenters. The molecule has 1 aromatic rings. The lowest BCUT2D eigenvalue weighted by molar-refractivity contribution is 0.151. The zero-order valence-corrected chi connectivity index (χ0v) is 10.1. The first-order valence-corrected chi connectivity index (χ1v) is 5.60. The van der Waals surface area contributed by atoms with Crippen LogP contribution in [-0.2, 0) is 0 Å². The van der Waals surface area contributed by atoms with Gasteiger partial charge in [0.2, 0.25) is 0 Å². The van der Waals surface area contributed by atoms with Crippen LogP contribution in [0, 0.1) is 6.92 Å². The first-order valence-electron chi connectivity index (χ1n) is 5.60. The van der Waals surface area contributed by atoms with E-state index in [1.165, 1.54) is 0 Å². The SMILES string of the molecule is Cc1ccc(OCCC(C)O)c([C@@H](C)O)c1. The largest absolute Gasteiger partial charge is 0.493 e. The molecule has 0 saturated carbocycles. The van der Waals surface area contributed by atoms with Gasteiger partial charge in [0.25, 0.3) is 0 Å². The third kappa shape index (κ3) is 3.83. The summed E-state index contributed by atoms with van der Waals surface area (Å²) in [6.45, 7) is 5.89. The molecule has 0 bridgehead atoms. The summed E-state index contributed by atoms with van der Waals surface area (Å²) in [6, 6.07) is 5.73. The highest BCUT2D eigenvalue weighted by Gasteiger charge is 2.09. The molecule has 0 amide bonds. The molecule has 0 aliphatic rings. The lowest BCUT2D eigenvalue weighted by Crippen LogP contribution is -2.09. The second-order valence-electron chi connectivity index (χ2n) is 4.20. The van der Waals surface area contributed by atoms with Gasteiger partial charge in [0, 0.05) is 12.0 Å². The van der Waals surface area contributed by atoms with Crippen molar-refractivity contribution in [1.29, 1.82) is 0 Å². The zero-order chi connectivity index (χ0) is 12.1. The Kier molecular flexibility index (Phi) is 4.77. The van der Waals surface area contributed by atoms with Crippen LogP contribution in [0.4, 0.5) is 0 Å². The first-order chi connectivity index (χ1) is 7.50. The van der Waals surface area contributed by atoms with Gasteiger partial charge in [0.05, 0.1) is 18.8 Å². The van der Waals surface area contributed by atoms with Crippen LogP contribution in [0.5, 0.6) is 5.75 Å². The second kappa shape index (κ2) is 5.87. The van der Waals surface area contributed by atoms with E-state index < -0.39 is 6.10 Å². The Morgan fingerprint density at radius 3 is 2.50 bits per heavy atom. The fourth-order valence-corrected chi connectivity index (χ4v) is 1.47. The van der Waals surface area contributed by atoms with Crippen molar-refractivity contribution in [2.24, 2.45) is 0 Å². The number of rotatable bonds is 5. The van der Waals surface area contributed by atoms with Gasteiger partial charge in [-0.15, -0.1) is 0 Å². The minimum absolute atomic E-state index is 0.361. The van der Waals surface area contributed by atoms with E-state index >= 15 is 0 Å². The number of aryl methyl sites for hydroxylation is 1. The molecule has 3 nitrogen and oxygen atoms in total. The Labute approximate surface area is 96.7 Å². The van der Waals surface area contributed by atoms with Crippen molar-refractivity contribution in [3.63, 3.8) is 0 Å². The third-order valence-corrected chi connectivity index (χ3v) is 2.41. The van der Waals surface area contributed by atoms with Crippen LogP contribution in [0.1, 0.15) is 37.5 Å². The van der Waals surface area contributed by atoms with Gasteiger partial charge in [-0.2, -0.15) is 0 Å². The topological polar surface area (TPSA) is 49.7 Å². The van der Waals surface area contributed by atoms with Gasteiger partial charge < -0.3 is 14.9 Å². The van der Waals surface area contributed by atoms with Crippen molar-refractivity contribution in [2.75, 3.05) is 6.61 Å². The average molecular weight is 224 g/mol. The number of hydrogen-bond acceptors (Lipinski definition) is 3. The van der Waals surface area contributed by atoms with Gasteiger partial charge in [-0.25, -0.2) is 0 Å². The molecule has 1 aromatic carbocycles. The molecule has 0 saturated heterocycles. The van der Waals surface area contributed by atoms with Crippen molar-refractivity contribution in [2.45, 2.75) is 39.4 Å². The van der Waals surface area contributed by atoms with Crippen LogP contribution < -0.4 is 4.74 Å². The Balaban J connectivity index is 2.71. The van der Waals surface area contributed by atoms with Gasteiger partial charge in [-0.05, 0) is 32.9 Å². The number of aliphatic hydroxyl groups is 2. The highest BCUT2D eigenvalue weighted by Crippen LogP contribution is 2.26. The summed E-state index contributed by atoms with van der Waals surface area (Å²) in [5.41, 5.74) is 1.89. The molecule has 90 valence electrons. The predicted octanol–water partition coefficient (Wildman–Crippen LogP) is 2.20. The van der Waals surface area contributed by atoms with E-state index in [4.69, 9.17) is 9.84 Å². The predicted molar refractivity (Wildman–Crippen MR) is 63.6 cm³/mol. The molecular formula is C13H20O3. The number of hydrogen-bond donors (Lipinski definition) is 2. The monoisotopic (exact) mass is 224 g/mol. The van der Waals surface area contributed by atoms with E-state index in [0.717, 1.165) is 11.1 Å². The Bertz CT molecular complexity index is 332. The van der Waals surface area contributed by atoms with E-state index in [0.29, 0.717) is 18.8 Å². The summed E-state index contributed by atoms with van der Waals surface area (Å²) in [7, 11) is 0. The van der Waals surface area contributed by atoms with Crippen molar-refractivity contribution in [3.05, 3.63) is 29.3 Å². The van der Waals surface area contributed by atoms with Crippen molar-refractivity contribution >= 4 is 0 Å². The molecular weight excluding hydrogens is 204 g/mol. The Hall–Kier alpha value is -1.06. The lowest BCUT2D eigenvalue weighted by atomic mass is 10.1. The summed E-state index contributed by atoms with van der Waals surface area (Å²) in [6.07, 6.45) is -0.311. The maximum atomic E-state index is 9.61. The fourth-order valence-electron chi connectivity index (χ4n) is 1.47. The van der Waals surface area contributed by atoms with Crippen molar-refractivity contribution in [1.82, 2.24) is 0 Å². The zero-order valence-electron chi connectivity index (χ0n) is 10.1. The van der Waals surface area contributed by atoms with Crippen LogP contribution in [0.25, 0.3) is 0 Å². The van der Waals surface area contributed by atoms with Gasteiger partial charge in [-0.3, -0.25) is 0 Å².